The minimum absolute atomic E-state index is 0.112. The van der Waals surface area contributed by atoms with Crippen LogP contribution < -0.4 is 14.2 Å². The fourth-order valence-corrected chi connectivity index (χ4v) is 7.61. The van der Waals surface area contributed by atoms with Gasteiger partial charge in [0.2, 0.25) is 0 Å². The summed E-state index contributed by atoms with van der Waals surface area (Å²) in [6.07, 6.45) is 6.98. The lowest BCUT2D eigenvalue weighted by molar-refractivity contribution is 0.0450. The van der Waals surface area contributed by atoms with Crippen molar-refractivity contribution in [1.82, 2.24) is 19.4 Å². The lowest BCUT2D eigenvalue weighted by atomic mass is 9.87. The van der Waals surface area contributed by atoms with E-state index < -0.39 is 0 Å². The van der Waals surface area contributed by atoms with E-state index in [1.165, 1.54) is 24.8 Å². The van der Waals surface area contributed by atoms with Crippen molar-refractivity contribution in [2.45, 2.75) is 77.3 Å². The van der Waals surface area contributed by atoms with Crippen LogP contribution in [0.15, 0.2) is 60.7 Å². The molecule has 0 amide bonds. The first kappa shape index (κ1) is 30.1. The number of benzene rings is 3. The van der Waals surface area contributed by atoms with Gasteiger partial charge in [0.05, 0.1) is 11.2 Å². The quantitative estimate of drug-likeness (QED) is 0.191. The first-order valence-electron chi connectivity index (χ1n) is 17.0. The van der Waals surface area contributed by atoms with E-state index >= 15 is 0 Å². The van der Waals surface area contributed by atoms with Gasteiger partial charge in [-0.25, -0.2) is 4.98 Å². The fraction of sp³-hybridized carbons (Fsp3) is 0.500. The summed E-state index contributed by atoms with van der Waals surface area (Å²) in [5.41, 5.74) is 4.35. The molecule has 2 saturated heterocycles. The molecule has 4 heterocycles. The van der Waals surface area contributed by atoms with Crippen molar-refractivity contribution in [2.75, 3.05) is 45.9 Å². The van der Waals surface area contributed by atoms with Crippen LogP contribution in [0.2, 0.25) is 0 Å². The zero-order chi connectivity index (χ0) is 31.0. The molecule has 0 radical (unpaired) electrons. The van der Waals surface area contributed by atoms with E-state index in [9.17, 15) is 0 Å². The Morgan fingerprint density at radius 3 is 2.33 bits per heavy atom. The molecular weight excluding hydrogens is 560 g/mol. The number of hydrogen-bond donors (Lipinski definition) is 0. The highest BCUT2D eigenvalue weighted by atomic mass is 16.5. The second kappa shape index (κ2) is 12.3. The number of imidazole rings is 1. The van der Waals surface area contributed by atoms with Gasteiger partial charge in [-0.15, -0.1) is 0 Å². The van der Waals surface area contributed by atoms with Crippen LogP contribution >= 0.6 is 0 Å². The van der Waals surface area contributed by atoms with Crippen molar-refractivity contribution >= 4 is 11.0 Å². The summed E-state index contributed by atoms with van der Waals surface area (Å²) in [6, 6.07) is 21.1. The molecule has 2 fully saturated rings. The summed E-state index contributed by atoms with van der Waals surface area (Å²) in [4.78, 5) is 10.5. The van der Waals surface area contributed by atoms with E-state index in [4.69, 9.17) is 19.2 Å². The van der Waals surface area contributed by atoms with Crippen LogP contribution in [0.5, 0.6) is 23.0 Å². The second-order valence-corrected chi connectivity index (χ2v) is 14.0. The van der Waals surface area contributed by atoms with Gasteiger partial charge < -0.3 is 18.8 Å². The number of nitrogens with zero attached hydrogens (tertiary/aromatic N) is 4. The maximum absolute atomic E-state index is 6.53. The summed E-state index contributed by atoms with van der Waals surface area (Å²) < 4.78 is 21.7. The van der Waals surface area contributed by atoms with E-state index in [0.29, 0.717) is 13.2 Å². The lowest BCUT2D eigenvalue weighted by Gasteiger charge is -2.41. The van der Waals surface area contributed by atoms with Crippen LogP contribution in [0.4, 0.5) is 0 Å². The molecule has 0 aliphatic carbocycles. The number of rotatable bonds is 9. The largest absolute Gasteiger partial charge is 0.492 e. The van der Waals surface area contributed by atoms with Crippen molar-refractivity contribution in [2.24, 2.45) is 0 Å². The minimum atomic E-state index is -0.151. The van der Waals surface area contributed by atoms with E-state index in [1.54, 1.807) is 0 Å². The van der Waals surface area contributed by atoms with Gasteiger partial charge >= 0.3 is 0 Å². The summed E-state index contributed by atoms with van der Waals surface area (Å²) in [6.45, 7) is 15.5. The number of fused-ring (bicyclic) bond motifs is 3. The highest BCUT2D eigenvalue weighted by Gasteiger charge is 2.44. The second-order valence-electron chi connectivity index (χ2n) is 14.0. The van der Waals surface area contributed by atoms with Crippen molar-refractivity contribution in [3.05, 3.63) is 66.2 Å². The molecule has 7 nitrogen and oxygen atoms in total. The third-order valence-electron chi connectivity index (χ3n) is 9.92. The molecule has 0 spiro atoms. The first-order valence-corrected chi connectivity index (χ1v) is 17.0. The van der Waals surface area contributed by atoms with Gasteiger partial charge in [-0.1, -0.05) is 46.2 Å². The third-order valence-corrected chi connectivity index (χ3v) is 9.92. The number of likely N-dealkylation sites (tertiary alicyclic amines) is 1. The smallest absolute Gasteiger partial charge is 0.150 e. The predicted octanol–water partition coefficient (Wildman–Crippen LogP) is 8.21. The molecule has 4 aromatic rings. The van der Waals surface area contributed by atoms with Gasteiger partial charge in [0.25, 0.3) is 0 Å². The van der Waals surface area contributed by atoms with Gasteiger partial charge in [-0.05, 0) is 92.6 Å². The molecule has 238 valence electrons. The molecule has 3 aromatic carbocycles. The highest BCUT2D eigenvalue weighted by molar-refractivity contribution is 5.88. The van der Waals surface area contributed by atoms with Crippen molar-refractivity contribution in [1.29, 1.82) is 0 Å². The summed E-state index contributed by atoms with van der Waals surface area (Å²) in [5, 5.41) is 0. The van der Waals surface area contributed by atoms with Crippen LogP contribution in [0, 0.1) is 0 Å². The van der Waals surface area contributed by atoms with Gasteiger partial charge in [0.15, 0.2) is 5.75 Å². The number of hydrogen-bond acceptors (Lipinski definition) is 6. The molecule has 0 N–H and O–H groups in total. The monoisotopic (exact) mass is 608 g/mol. The van der Waals surface area contributed by atoms with Crippen LogP contribution in [0.3, 0.4) is 0 Å². The van der Waals surface area contributed by atoms with E-state index in [2.05, 4.69) is 103 Å². The van der Waals surface area contributed by atoms with Crippen LogP contribution in [0.1, 0.15) is 71.8 Å². The summed E-state index contributed by atoms with van der Waals surface area (Å²) in [5.74, 6) is 4.32. The molecule has 1 atom stereocenters. The summed E-state index contributed by atoms with van der Waals surface area (Å²) in [7, 11) is 0. The molecule has 2 bridgehead atoms. The molecular formula is C38H48N4O3. The topological polar surface area (TPSA) is 52.0 Å². The average Bonchev–Trinajstić information content (AvgIpc) is 3.77. The zero-order valence-electron chi connectivity index (χ0n) is 27.5. The Kier molecular flexibility index (Phi) is 8.25. The van der Waals surface area contributed by atoms with Crippen LogP contribution in [0.25, 0.3) is 22.4 Å². The fourth-order valence-electron chi connectivity index (χ4n) is 7.61. The Morgan fingerprint density at radius 1 is 0.889 bits per heavy atom. The molecule has 7 heteroatoms. The number of aromatic nitrogens is 2. The molecule has 7 rings (SSSR count). The normalized spacial score (nSPS) is 20.5. The molecule has 3 aliphatic heterocycles. The maximum atomic E-state index is 6.53. The average molecular weight is 609 g/mol. The SMILES string of the molecule is CCCC12CCCN1CCOc1cc(OCCN3CCCC3)c3nc(-c4ccc(Oc5ccc(C(C)(C)C)cc5)cc4)n2c3c1. The van der Waals surface area contributed by atoms with Crippen molar-refractivity contribution in [3.8, 4) is 34.4 Å². The Bertz CT molecular complexity index is 1620. The third kappa shape index (κ3) is 5.93. The van der Waals surface area contributed by atoms with E-state index in [1.807, 2.05) is 0 Å². The Labute approximate surface area is 268 Å². The molecule has 0 saturated carbocycles. The maximum Gasteiger partial charge on any atom is 0.150 e. The Balaban J connectivity index is 1.27. The summed E-state index contributed by atoms with van der Waals surface area (Å²) >= 11 is 0. The van der Waals surface area contributed by atoms with Crippen molar-refractivity contribution in [3.63, 3.8) is 0 Å². The first-order chi connectivity index (χ1) is 21.8. The Hall–Kier alpha value is -3.55. The lowest BCUT2D eigenvalue weighted by Crippen LogP contribution is -2.47. The van der Waals surface area contributed by atoms with Crippen LogP contribution in [-0.2, 0) is 11.1 Å². The molecule has 1 unspecified atom stereocenters. The predicted molar refractivity (Wildman–Crippen MR) is 181 cm³/mol. The van der Waals surface area contributed by atoms with Crippen molar-refractivity contribution < 1.29 is 14.2 Å². The van der Waals surface area contributed by atoms with Gasteiger partial charge in [0.1, 0.15) is 41.8 Å². The molecule has 1 aromatic heterocycles. The van der Waals surface area contributed by atoms with Gasteiger partial charge in [-0.2, -0.15) is 0 Å². The van der Waals surface area contributed by atoms with Gasteiger partial charge in [0, 0.05) is 37.3 Å². The highest BCUT2D eigenvalue weighted by Crippen LogP contribution is 2.46. The van der Waals surface area contributed by atoms with E-state index in [0.717, 1.165) is 97.4 Å². The Morgan fingerprint density at radius 2 is 1.62 bits per heavy atom. The zero-order valence-corrected chi connectivity index (χ0v) is 27.5. The molecule has 45 heavy (non-hydrogen) atoms. The minimum Gasteiger partial charge on any atom is -0.492 e. The number of ether oxygens (including phenoxy) is 3. The van der Waals surface area contributed by atoms with E-state index in [-0.39, 0.29) is 11.1 Å². The molecule has 3 aliphatic rings. The standard InChI is InChI=1S/C38H48N4O3/c1-5-17-38-18-8-21-41(38)23-25-43-32-26-33-35(34(27-32)44-24-22-40-19-6-7-20-40)39-36(42(33)38)28-9-13-30(14-10-28)45-31-15-11-29(12-16-31)37(2,3)4/h9-16,26-27H,5-8,17-25H2,1-4H3. The van der Waals surface area contributed by atoms with Crippen LogP contribution in [-0.4, -0.2) is 65.3 Å². The van der Waals surface area contributed by atoms with Gasteiger partial charge in [-0.3, -0.25) is 9.80 Å².